The molecule has 1 aliphatic rings. The van der Waals surface area contributed by atoms with Crippen molar-refractivity contribution < 1.29 is 9.90 Å². The highest BCUT2D eigenvalue weighted by Crippen LogP contribution is 2.20. The van der Waals surface area contributed by atoms with E-state index in [9.17, 15) is 9.90 Å². The molecule has 1 fully saturated rings. The molecule has 116 valence electrons. The molecular weight excluding hydrogens is 264 g/mol. The Morgan fingerprint density at radius 1 is 1.43 bits per heavy atom. The van der Waals surface area contributed by atoms with Gasteiger partial charge in [-0.15, -0.1) is 0 Å². The minimum atomic E-state index is -0.00384. The average Bonchev–Trinajstić information content (AvgIpc) is 2.84. The minimum Gasteiger partial charge on any atom is -0.508 e. The zero-order valence-corrected chi connectivity index (χ0v) is 13.2. The number of hydrogen-bond donors (Lipinski definition) is 2. The van der Waals surface area contributed by atoms with Gasteiger partial charge >= 0.3 is 0 Å². The first-order chi connectivity index (χ1) is 9.97. The van der Waals surface area contributed by atoms with E-state index < -0.39 is 0 Å². The fourth-order valence-corrected chi connectivity index (χ4v) is 2.96. The molecule has 1 aromatic rings. The third-order valence-electron chi connectivity index (χ3n) is 4.09. The lowest BCUT2D eigenvalue weighted by molar-refractivity contribution is -0.125. The number of likely N-dealkylation sites (N-methyl/N-ethyl adjacent to an activating group) is 1. The summed E-state index contributed by atoms with van der Waals surface area (Å²) in [6.07, 6.45) is 2.97. The molecule has 1 saturated heterocycles. The SMILES string of the molecule is CC(C)Cc1ccc(O)cc1CNC(=O)C1CCCN1C. The van der Waals surface area contributed by atoms with E-state index in [1.807, 2.05) is 13.1 Å². The van der Waals surface area contributed by atoms with Gasteiger partial charge in [0.1, 0.15) is 5.75 Å². The first kappa shape index (κ1) is 15.8. The molecule has 21 heavy (non-hydrogen) atoms. The number of hydrogen-bond acceptors (Lipinski definition) is 3. The van der Waals surface area contributed by atoms with Crippen molar-refractivity contribution in [3.05, 3.63) is 29.3 Å². The van der Waals surface area contributed by atoms with Crippen LogP contribution in [0.1, 0.15) is 37.8 Å². The summed E-state index contributed by atoms with van der Waals surface area (Å²) < 4.78 is 0. The monoisotopic (exact) mass is 290 g/mol. The lowest BCUT2D eigenvalue weighted by atomic mass is 9.97. The molecule has 1 aromatic carbocycles. The number of nitrogens with zero attached hydrogens (tertiary/aromatic N) is 1. The summed E-state index contributed by atoms with van der Waals surface area (Å²) >= 11 is 0. The number of benzene rings is 1. The molecule has 1 heterocycles. The Morgan fingerprint density at radius 2 is 2.19 bits per heavy atom. The van der Waals surface area contributed by atoms with E-state index in [0.29, 0.717) is 12.5 Å². The predicted octanol–water partition coefficient (Wildman–Crippen LogP) is 2.30. The maximum absolute atomic E-state index is 12.2. The van der Waals surface area contributed by atoms with Crippen molar-refractivity contribution in [3.8, 4) is 5.75 Å². The van der Waals surface area contributed by atoms with Gasteiger partial charge in [0.25, 0.3) is 0 Å². The number of carbonyl (C=O) groups excluding carboxylic acids is 1. The second kappa shape index (κ2) is 6.94. The Hall–Kier alpha value is -1.55. The van der Waals surface area contributed by atoms with Crippen molar-refractivity contribution in [2.75, 3.05) is 13.6 Å². The number of likely N-dealkylation sites (tertiary alicyclic amines) is 1. The second-order valence-electron chi connectivity index (χ2n) is 6.41. The Balaban J connectivity index is 2.01. The minimum absolute atomic E-state index is 0.00384. The smallest absolute Gasteiger partial charge is 0.237 e. The molecule has 2 N–H and O–H groups in total. The van der Waals surface area contributed by atoms with Gasteiger partial charge in [-0.05, 0) is 62.0 Å². The molecule has 0 radical (unpaired) electrons. The molecule has 1 atom stereocenters. The van der Waals surface area contributed by atoms with Crippen LogP contribution >= 0.6 is 0 Å². The second-order valence-corrected chi connectivity index (χ2v) is 6.41. The lowest BCUT2D eigenvalue weighted by Crippen LogP contribution is -2.41. The third-order valence-corrected chi connectivity index (χ3v) is 4.09. The summed E-state index contributed by atoms with van der Waals surface area (Å²) in [6, 6.07) is 5.43. The highest BCUT2D eigenvalue weighted by Gasteiger charge is 2.27. The van der Waals surface area contributed by atoms with Crippen LogP contribution in [0.15, 0.2) is 18.2 Å². The normalized spacial score (nSPS) is 19.1. The number of amides is 1. The van der Waals surface area contributed by atoms with E-state index in [2.05, 4.69) is 24.1 Å². The van der Waals surface area contributed by atoms with E-state index >= 15 is 0 Å². The first-order valence-electron chi connectivity index (χ1n) is 7.76. The fraction of sp³-hybridized carbons (Fsp3) is 0.588. The number of carbonyl (C=O) groups is 1. The molecule has 2 rings (SSSR count). The zero-order valence-electron chi connectivity index (χ0n) is 13.2. The van der Waals surface area contributed by atoms with Crippen molar-refractivity contribution in [1.29, 1.82) is 0 Å². The van der Waals surface area contributed by atoms with Gasteiger partial charge in [0, 0.05) is 6.54 Å². The summed E-state index contributed by atoms with van der Waals surface area (Å²) in [4.78, 5) is 14.3. The van der Waals surface area contributed by atoms with Crippen LogP contribution in [0.5, 0.6) is 5.75 Å². The average molecular weight is 290 g/mol. The number of phenols is 1. The summed E-state index contributed by atoms with van der Waals surface area (Å²) in [7, 11) is 2.00. The molecular formula is C17H26N2O2. The predicted molar refractivity (Wildman–Crippen MR) is 84.1 cm³/mol. The molecule has 0 bridgehead atoms. The number of phenolic OH excluding ortho intramolecular Hbond substituents is 1. The van der Waals surface area contributed by atoms with Crippen LogP contribution in [0.2, 0.25) is 0 Å². The van der Waals surface area contributed by atoms with Crippen molar-refractivity contribution in [2.45, 2.75) is 45.7 Å². The molecule has 4 heteroatoms. The molecule has 0 saturated carbocycles. The molecule has 0 spiro atoms. The van der Waals surface area contributed by atoms with Crippen molar-refractivity contribution in [3.63, 3.8) is 0 Å². The molecule has 1 aliphatic heterocycles. The van der Waals surface area contributed by atoms with Crippen LogP contribution in [-0.4, -0.2) is 35.5 Å². The summed E-state index contributed by atoms with van der Waals surface area (Å²) in [5, 5.41) is 12.7. The van der Waals surface area contributed by atoms with Crippen LogP contribution in [0, 0.1) is 5.92 Å². The summed E-state index contributed by atoms with van der Waals surface area (Å²) in [5.41, 5.74) is 2.21. The quantitative estimate of drug-likeness (QED) is 0.875. The Morgan fingerprint density at radius 3 is 2.81 bits per heavy atom. The van der Waals surface area contributed by atoms with Crippen LogP contribution in [-0.2, 0) is 17.8 Å². The topological polar surface area (TPSA) is 52.6 Å². The van der Waals surface area contributed by atoms with Gasteiger partial charge in [0.05, 0.1) is 6.04 Å². The standard InChI is InChI=1S/C17H26N2O2/c1-12(2)9-13-6-7-15(20)10-14(13)11-18-17(21)16-5-4-8-19(16)3/h6-7,10,12,16,20H,4-5,8-9,11H2,1-3H3,(H,18,21). The maximum atomic E-state index is 12.2. The summed E-state index contributed by atoms with van der Waals surface area (Å²) in [6.45, 7) is 5.81. The number of rotatable bonds is 5. The largest absolute Gasteiger partial charge is 0.508 e. The van der Waals surface area contributed by atoms with Gasteiger partial charge in [-0.1, -0.05) is 19.9 Å². The Bertz CT molecular complexity index is 500. The fourth-order valence-electron chi connectivity index (χ4n) is 2.96. The van der Waals surface area contributed by atoms with Crippen LogP contribution < -0.4 is 5.32 Å². The van der Waals surface area contributed by atoms with E-state index in [-0.39, 0.29) is 17.7 Å². The van der Waals surface area contributed by atoms with Gasteiger partial charge in [-0.2, -0.15) is 0 Å². The van der Waals surface area contributed by atoms with Gasteiger partial charge < -0.3 is 10.4 Å². The molecule has 0 aromatic heterocycles. The zero-order chi connectivity index (χ0) is 15.4. The molecule has 1 unspecified atom stereocenters. The summed E-state index contributed by atoms with van der Waals surface area (Å²) in [5.74, 6) is 0.892. The lowest BCUT2D eigenvalue weighted by Gasteiger charge is -2.19. The molecule has 1 amide bonds. The van der Waals surface area contributed by atoms with E-state index in [1.165, 1.54) is 5.56 Å². The Labute approximate surface area is 127 Å². The molecule has 4 nitrogen and oxygen atoms in total. The van der Waals surface area contributed by atoms with Crippen LogP contribution in [0.4, 0.5) is 0 Å². The first-order valence-corrected chi connectivity index (χ1v) is 7.76. The maximum Gasteiger partial charge on any atom is 0.237 e. The third kappa shape index (κ3) is 4.21. The van der Waals surface area contributed by atoms with Crippen molar-refractivity contribution in [2.24, 2.45) is 5.92 Å². The van der Waals surface area contributed by atoms with Crippen LogP contribution in [0.3, 0.4) is 0 Å². The number of nitrogens with one attached hydrogen (secondary N) is 1. The van der Waals surface area contributed by atoms with Crippen molar-refractivity contribution in [1.82, 2.24) is 10.2 Å². The molecule has 0 aliphatic carbocycles. The van der Waals surface area contributed by atoms with Gasteiger partial charge in [0.15, 0.2) is 0 Å². The van der Waals surface area contributed by atoms with E-state index in [0.717, 1.165) is 31.4 Å². The van der Waals surface area contributed by atoms with Crippen molar-refractivity contribution >= 4 is 5.91 Å². The van der Waals surface area contributed by atoms with E-state index in [1.54, 1.807) is 12.1 Å². The van der Waals surface area contributed by atoms with Crippen LogP contribution in [0.25, 0.3) is 0 Å². The highest BCUT2D eigenvalue weighted by atomic mass is 16.3. The van der Waals surface area contributed by atoms with E-state index in [4.69, 9.17) is 0 Å². The van der Waals surface area contributed by atoms with Gasteiger partial charge in [0.2, 0.25) is 5.91 Å². The Kier molecular flexibility index (Phi) is 5.23. The van der Waals surface area contributed by atoms with Gasteiger partial charge in [-0.3, -0.25) is 9.69 Å². The number of aromatic hydroxyl groups is 1. The highest BCUT2D eigenvalue weighted by molar-refractivity contribution is 5.82. The van der Waals surface area contributed by atoms with Gasteiger partial charge in [-0.25, -0.2) is 0 Å².